The van der Waals surface area contributed by atoms with Gasteiger partial charge in [-0.2, -0.15) is 5.10 Å². The molecule has 1 N–H and O–H groups in total. The van der Waals surface area contributed by atoms with Gasteiger partial charge in [0.05, 0.1) is 15.2 Å². The fourth-order valence-electron chi connectivity index (χ4n) is 2.09. The number of aryl methyl sites for hydroxylation is 2. The molecular weight excluding hydrogens is 425 g/mol. The molecule has 1 heterocycles. The lowest BCUT2D eigenvalue weighted by Crippen LogP contribution is -2.26. The molecule has 0 unspecified atom stereocenters. The van der Waals surface area contributed by atoms with Gasteiger partial charge in [0, 0.05) is 23.8 Å². The maximum Gasteiger partial charge on any atom is 0.242 e. The Morgan fingerprint density at radius 2 is 2.00 bits per heavy atom. The Labute approximate surface area is 154 Å². The SMILES string of the molecule is Cc1nn(CCCNS(=O)(=O)c2cc(Cl)ccc2Cl)c(C)c1Br. The summed E-state index contributed by atoms with van der Waals surface area (Å²) in [5, 5.41) is 4.85. The van der Waals surface area contributed by atoms with Crippen LogP contribution in [-0.4, -0.2) is 24.7 Å². The van der Waals surface area contributed by atoms with E-state index < -0.39 is 10.0 Å². The van der Waals surface area contributed by atoms with E-state index in [1.807, 2.05) is 18.5 Å². The smallest absolute Gasteiger partial charge is 0.242 e. The van der Waals surface area contributed by atoms with Gasteiger partial charge < -0.3 is 0 Å². The summed E-state index contributed by atoms with van der Waals surface area (Å²) in [5.41, 5.74) is 1.93. The minimum atomic E-state index is -3.69. The summed E-state index contributed by atoms with van der Waals surface area (Å²) in [6.45, 7) is 4.77. The quantitative estimate of drug-likeness (QED) is 0.692. The number of benzene rings is 1. The van der Waals surface area contributed by atoms with Gasteiger partial charge in [-0.25, -0.2) is 13.1 Å². The largest absolute Gasteiger partial charge is 0.268 e. The van der Waals surface area contributed by atoms with Crippen LogP contribution in [0.5, 0.6) is 0 Å². The first kappa shape index (κ1) is 18.7. The highest BCUT2D eigenvalue weighted by atomic mass is 79.9. The van der Waals surface area contributed by atoms with Gasteiger partial charge in [0.2, 0.25) is 10.0 Å². The first-order chi connectivity index (χ1) is 10.7. The number of rotatable bonds is 6. The summed E-state index contributed by atoms with van der Waals surface area (Å²) in [5.74, 6) is 0. The van der Waals surface area contributed by atoms with E-state index in [9.17, 15) is 8.42 Å². The molecule has 0 aliphatic heterocycles. The maximum atomic E-state index is 12.3. The molecule has 5 nitrogen and oxygen atoms in total. The molecular formula is C14H16BrCl2N3O2S. The fraction of sp³-hybridized carbons (Fsp3) is 0.357. The summed E-state index contributed by atoms with van der Waals surface area (Å²) in [6, 6.07) is 4.35. The zero-order chi connectivity index (χ0) is 17.2. The Morgan fingerprint density at radius 1 is 1.30 bits per heavy atom. The average Bonchev–Trinajstić information content (AvgIpc) is 2.73. The lowest BCUT2D eigenvalue weighted by Gasteiger charge is -2.09. The van der Waals surface area contributed by atoms with E-state index in [0.29, 0.717) is 18.0 Å². The fourth-order valence-corrected chi connectivity index (χ4v) is 4.21. The molecule has 0 spiro atoms. The van der Waals surface area contributed by atoms with E-state index in [2.05, 4.69) is 25.8 Å². The van der Waals surface area contributed by atoms with E-state index in [0.717, 1.165) is 15.9 Å². The van der Waals surface area contributed by atoms with E-state index in [1.165, 1.54) is 12.1 Å². The van der Waals surface area contributed by atoms with Gasteiger partial charge in [-0.1, -0.05) is 23.2 Å². The Hall–Kier alpha value is -0.600. The second-order valence-corrected chi connectivity index (χ2v) is 8.41. The third-order valence-corrected chi connectivity index (χ3v) is 6.64. The second kappa shape index (κ2) is 7.53. The minimum Gasteiger partial charge on any atom is -0.268 e. The molecule has 0 saturated heterocycles. The monoisotopic (exact) mass is 439 g/mol. The Morgan fingerprint density at radius 3 is 2.61 bits per heavy atom. The summed E-state index contributed by atoms with van der Waals surface area (Å²) in [7, 11) is -3.69. The molecule has 0 aliphatic carbocycles. The topological polar surface area (TPSA) is 64.0 Å². The number of hydrogen-bond acceptors (Lipinski definition) is 3. The molecule has 0 radical (unpaired) electrons. The molecule has 0 aliphatic rings. The highest BCUT2D eigenvalue weighted by Gasteiger charge is 2.18. The van der Waals surface area contributed by atoms with Gasteiger partial charge in [-0.05, 0) is 54.4 Å². The average molecular weight is 441 g/mol. The molecule has 0 atom stereocenters. The van der Waals surface area contributed by atoms with Gasteiger partial charge in [-0.3, -0.25) is 4.68 Å². The van der Waals surface area contributed by atoms with Crippen LogP contribution in [0.25, 0.3) is 0 Å². The van der Waals surface area contributed by atoms with Crippen LogP contribution >= 0.6 is 39.1 Å². The number of nitrogens with one attached hydrogen (secondary N) is 1. The molecule has 0 bridgehead atoms. The van der Waals surface area contributed by atoms with Crippen molar-refractivity contribution in [3.05, 3.63) is 44.1 Å². The molecule has 126 valence electrons. The third-order valence-electron chi connectivity index (χ3n) is 3.31. The van der Waals surface area contributed by atoms with Crippen LogP contribution in [-0.2, 0) is 16.6 Å². The highest BCUT2D eigenvalue weighted by Crippen LogP contribution is 2.24. The number of nitrogens with zero attached hydrogens (tertiary/aromatic N) is 2. The van der Waals surface area contributed by atoms with Crippen molar-refractivity contribution in [3.8, 4) is 0 Å². The van der Waals surface area contributed by atoms with Crippen LogP contribution in [0.1, 0.15) is 17.8 Å². The summed E-state index contributed by atoms with van der Waals surface area (Å²) < 4.78 is 29.9. The van der Waals surface area contributed by atoms with Crippen molar-refractivity contribution in [2.24, 2.45) is 0 Å². The van der Waals surface area contributed by atoms with Gasteiger partial charge in [-0.15, -0.1) is 0 Å². The number of hydrogen-bond donors (Lipinski definition) is 1. The Kier molecular flexibility index (Phi) is 6.13. The van der Waals surface area contributed by atoms with Crippen molar-refractivity contribution in [1.82, 2.24) is 14.5 Å². The summed E-state index contributed by atoms with van der Waals surface area (Å²) in [4.78, 5) is -0.0134. The van der Waals surface area contributed by atoms with Crippen molar-refractivity contribution < 1.29 is 8.42 Å². The normalized spacial score (nSPS) is 11.9. The van der Waals surface area contributed by atoms with Crippen LogP contribution < -0.4 is 4.72 Å². The van der Waals surface area contributed by atoms with Crippen molar-refractivity contribution in [2.75, 3.05) is 6.54 Å². The van der Waals surface area contributed by atoms with Gasteiger partial charge in [0.1, 0.15) is 4.90 Å². The highest BCUT2D eigenvalue weighted by molar-refractivity contribution is 9.10. The third kappa shape index (κ3) is 4.48. The molecule has 2 rings (SSSR count). The van der Waals surface area contributed by atoms with E-state index >= 15 is 0 Å². The first-order valence-corrected chi connectivity index (χ1v) is 9.90. The van der Waals surface area contributed by atoms with Gasteiger partial charge in [0.15, 0.2) is 0 Å². The predicted molar refractivity (Wildman–Crippen MR) is 95.7 cm³/mol. The van der Waals surface area contributed by atoms with Crippen LogP contribution in [0.3, 0.4) is 0 Å². The number of halogens is 3. The lowest BCUT2D eigenvalue weighted by molar-refractivity contribution is 0.544. The van der Waals surface area contributed by atoms with Crippen molar-refractivity contribution in [2.45, 2.75) is 31.7 Å². The molecule has 0 saturated carbocycles. The van der Waals surface area contributed by atoms with E-state index in [1.54, 1.807) is 6.07 Å². The van der Waals surface area contributed by atoms with Gasteiger partial charge >= 0.3 is 0 Å². The summed E-state index contributed by atoms with van der Waals surface area (Å²) in [6.07, 6.45) is 0.603. The molecule has 0 fully saturated rings. The zero-order valence-corrected chi connectivity index (χ0v) is 16.5. The number of sulfonamides is 1. The van der Waals surface area contributed by atoms with Crippen molar-refractivity contribution >= 4 is 49.2 Å². The van der Waals surface area contributed by atoms with E-state index in [-0.39, 0.29) is 16.5 Å². The maximum absolute atomic E-state index is 12.3. The Bertz CT molecular complexity index is 822. The van der Waals surface area contributed by atoms with Crippen molar-refractivity contribution in [3.63, 3.8) is 0 Å². The summed E-state index contributed by atoms with van der Waals surface area (Å²) >= 11 is 15.2. The Balaban J connectivity index is 1.97. The molecule has 2 aromatic rings. The standard InChI is InChI=1S/C14H16BrCl2N3O2S/c1-9-14(15)10(2)20(19-9)7-3-6-18-23(21,22)13-8-11(16)4-5-12(13)17/h4-5,8,18H,3,6-7H2,1-2H3. The molecule has 23 heavy (non-hydrogen) atoms. The second-order valence-electron chi connectivity index (χ2n) is 5.03. The van der Waals surface area contributed by atoms with Crippen molar-refractivity contribution in [1.29, 1.82) is 0 Å². The molecule has 1 aromatic carbocycles. The van der Waals surface area contributed by atoms with Crippen LogP contribution in [0, 0.1) is 13.8 Å². The number of aromatic nitrogens is 2. The first-order valence-electron chi connectivity index (χ1n) is 6.86. The molecule has 0 amide bonds. The zero-order valence-electron chi connectivity index (χ0n) is 12.6. The van der Waals surface area contributed by atoms with Gasteiger partial charge in [0.25, 0.3) is 0 Å². The van der Waals surface area contributed by atoms with Crippen LogP contribution in [0.15, 0.2) is 27.6 Å². The molecule has 1 aromatic heterocycles. The van der Waals surface area contributed by atoms with Crippen LogP contribution in [0.4, 0.5) is 0 Å². The van der Waals surface area contributed by atoms with E-state index in [4.69, 9.17) is 23.2 Å². The van der Waals surface area contributed by atoms with Crippen LogP contribution in [0.2, 0.25) is 10.0 Å². The lowest BCUT2D eigenvalue weighted by atomic mass is 10.4. The molecule has 9 heteroatoms. The minimum absolute atomic E-state index is 0.0134. The predicted octanol–water partition coefficient (Wildman–Crippen LogP) is 3.94.